The molecule has 0 aromatic carbocycles. The largest absolute Gasteiger partial charge is 0.336 e. The monoisotopic (exact) mass is 361 g/mol. The van der Waals surface area contributed by atoms with Crippen LogP contribution in [0, 0.1) is 0 Å². The molecule has 0 unspecified atom stereocenters. The fourth-order valence-corrected chi connectivity index (χ4v) is 4.73. The van der Waals surface area contributed by atoms with Crippen molar-refractivity contribution >= 4 is 35.1 Å². The molecule has 1 aromatic heterocycles. The van der Waals surface area contributed by atoms with E-state index in [2.05, 4.69) is 0 Å². The Kier molecular flexibility index (Phi) is 4.07. The van der Waals surface area contributed by atoms with Crippen LogP contribution >= 0.6 is 11.3 Å². The van der Waals surface area contributed by atoms with Gasteiger partial charge in [-0.3, -0.25) is 19.3 Å². The standard InChI is InChI=1S/C17H19N3O4S/c21-14(18-7-5-13-11(9-18)6-8-25-13)10-19-15(22)16(23)20(17(19)24)12-3-1-2-4-12/h6,8,12H,1-5,7,9-10H2. The van der Waals surface area contributed by atoms with Crippen molar-refractivity contribution in [3.63, 3.8) is 0 Å². The first-order valence-corrected chi connectivity index (χ1v) is 9.46. The van der Waals surface area contributed by atoms with Crippen molar-refractivity contribution in [2.45, 2.75) is 44.7 Å². The van der Waals surface area contributed by atoms with E-state index in [4.69, 9.17) is 0 Å². The highest BCUT2D eigenvalue weighted by Gasteiger charge is 2.48. The van der Waals surface area contributed by atoms with Crippen LogP contribution in [0.3, 0.4) is 0 Å². The van der Waals surface area contributed by atoms with Crippen LogP contribution in [0.1, 0.15) is 36.1 Å². The van der Waals surface area contributed by atoms with Crippen LogP contribution in [0.15, 0.2) is 11.4 Å². The summed E-state index contributed by atoms with van der Waals surface area (Å²) < 4.78 is 0. The van der Waals surface area contributed by atoms with Gasteiger partial charge in [0.05, 0.1) is 0 Å². The number of urea groups is 1. The fraction of sp³-hybridized carbons (Fsp3) is 0.529. The zero-order valence-electron chi connectivity index (χ0n) is 13.8. The summed E-state index contributed by atoms with van der Waals surface area (Å²) in [5, 5.41) is 2.00. The van der Waals surface area contributed by atoms with Gasteiger partial charge in [0.25, 0.3) is 0 Å². The molecule has 0 bridgehead atoms. The van der Waals surface area contributed by atoms with Crippen molar-refractivity contribution in [2.75, 3.05) is 13.1 Å². The Morgan fingerprint density at radius 2 is 1.92 bits per heavy atom. The van der Waals surface area contributed by atoms with Crippen LogP contribution in [-0.2, 0) is 27.3 Å². The molecule has 5 amide bonds. The summed E-state index contributed by atoms with van der Waals surface area (Å²) in [4.78, 5) is 54.3. The second kappa shape index (κ2) is 6.25. The highest BCUT2D eigenvalue weighted by Crippen LogP contribution is 2.28. The molecule has 1 saturated heterocycles. The zero-order valence-corrected chi connectivity index (χ0v) is 14.6. The van der Waals surface area contributed by atoms with Crippen molar-refractivity contribution in [3.05, 3.63) is 21.9 Å². The Balaban J connectivity index is 1.45. The Bertz CT molecular complexity index is 753. The summed E-state index contributed by atoms with van der Waals surface area (Å²) in [5.41, 5.74) is 1.12. The summed E-state index contributed by atoms with van der Waals surface area (Å²) >= 11 is 1.68. The van der Waals surface area contributed by atoms with Gasteiger partial charge in [0.1, 0.15) is 6.54 Å². The van der Waals surface area contributed by atoms with Gasteiger partial charge in [-0.15, -0.1) is 11.3 Å². The van der Waals surface area contributed by atoms with E-state index in [1.165, 1.54) is 4.88 Å². The normalized spacial score (nSPS) is 21.4. The van der Waals surface area contributed by atoms with Gasteiger partial charge in [0, 0.05) is 24.0 Å². The van der Waals surface area contributed by atoms with Crippen molar-refractivity contribution in [1.82, 2.24) is 14.7 Å². The van der Waals surface area contributed by atoms with Crippen molar-refractivity contribution < 1.29 is 19.2 Å². The predicted octanol–water partition coefficient (Wildman–Crippen LogP) is 1.37. The van der Waals surface area contributed by atoms with Crippen LogP contribution in [0.5, 0.6) is 0 Å². The number of amides is 5. The second-order valence-electron chi connectivity index (χ2n) is 6.72. The molecule has 0 spiro atoms. The van der Waals surface area contributed by atoms with Gasteiger partial charge in [0.15, 0.2) is 0 Å². The summed E-state index contributed by atoms with van der Waals surface area (Å²) in [5.74, 6) is -1.96. The third-order valence-corrected chi connectivity index (χ3v) is 6.25. The van der Waals surface area contributed by atoms with Crippen LogP contribution in [-0.4, -0.2) is 57.6 Å². The number of fused-ring (bicyclic) bond motifs is 1. The Morgan fingerprint density at radius 1 is 1.16 bits per heavy atom. The first kappa shape index (κ1) is 16.3. The van der Waals surface area contributed by atoms with Gasteiger partial charge in [-0.25, -0.2) is 9.69 Å². The zero-order chi connectivity index (χ0) is 17.6. The molecular formula is C17H19N3O4S. The lowest BCUT2D eigenvalue weighted by molar-refractivity contribution is -0.145. The molecule has 132 valence electrons. The summed E-state index contributed by atoms with van der Waals surface area (Å²) in [6, 6.07) is 1.16. The lowest BCUT2D eigenvalue weighted by Gasteiger charge is -2.28. The Morgan fingerprint density at radius 3 is 2.68 bits per heavy atom. The SMILES string of the molecule is O=C(CN1C(=O)C(=O)N(C2CCCC2)C1=O)N1CCc2sccc2C1. The number of carbonyl (C=O) groups excluding carboxylic acids is 4. The number of thiophene rings is 1. The summed E-state index contributed by atoms with van der Waals surface area (Å²) in [6.07, 6.45) is 4.16. The highest BCUT2D eigenvalue weighted by molar-refractivity contribution is 7.10. The van der Waals surface area contributed by atoms with E-state index in [1.54, 1.807) is 16.2 Å². The minimum absolute atomic E-state index is 0.201. The molecule has 0 radical (unpaired) electrons. The molecule has 3 aliphatic rings. The maximum Gasteiger partial charge on any atom is 0.334 e. The molecule has 0 N–H and O–H groups in total. The average Bonchev–Trinajstić information content (AvgIpc) is 3.32. The second-order valence-corrected chi connectivity index (χ2v) is 7.72. The molecule has 1 aromatic rings. The van der Waals surface area contributed by atoms with Gasteiger partial charge in [-0.05, 0) is 36.3 Å². The highest BCUT2D eigenvalue weighted by atomic mass is 32.1. The summed E-state index contributed by atoms with van der Waals surface area (Å²) in [6.45, 7) is 0.711. The van der Waals surface area contributed by atoms with Crippen LogP contribution in [0.25, 0.3) is 0 Å². The molecule has 2 aliphatic heterocycles. The van der Waals surface area contributed by atoms with Gasteiger partial charge in [-0.1, -0.05) is 12.8 Å². The third-order valence-electron chi connectivity index (χ3n) is 5.23. The first-order valence-electron chi connectivity index (χ1n) is 8.58. The van der Waals surface area contributed by atoms with Crippen LogP contribution < -0.4 is 0 Å². The minimum atomic E-state index is -0.876. The average molecular weight is 361 g/mol. The van der Waals surface area contributed by atoms with E-state index in [0.717, 1.165) is 47.5 Å². The van der Waals surface area contributed by atoms with Crippen molar-refractivity contribution in [3.8, 4) is 0 Å². The number of hydrogen-bond acceptors (Lipinski definition) is 5. The first-order chi connectivity index (χ1) is 12.1. The molecule has 1 aliphatic carbocycles. The molecule has 3 heterocycles. The smallest absolute Gasteiger partial charge is 0.334 e. The van der Waals surface area contributed by atoms with E-state index in [0.29, 0.717) is 13.1 Å². The van der Waals surface area contributed by atoms with Crippen molar-refractivity contribution in [1.29, 1.82) is 0 Å². The molecule has 4 rings (SSSR count). The number of nitrogens with zero attached hydrogens (tertiary/aromatic N) is 3. The molecular weight excluding hydrogens is 342 g/mol. The van der Waals surface area contributed by atoms with Gasteiger partial charge < -0.3 is 4.90 Å². The number of carbonyl (C=O) groups is 4. The van der Waals surface area contributed by atoms with Crippen LogP contribution in [0.4, 0.5) is 4.79 Å². The molecule has 7 nitrogen and oxygen atoms in total. The molecule has 2 fully saturated rings. The number of imide groups is 2. The Labute approximate surface area is 149 Å². The Hall–Kier alpha value is -2.22. The summed E-state index contributed by atoms with van der Waals surface area (Å²) in [7, 11) is 0. The quantitative estimate of drug-likeness (QED) is 0.602. The molecule has 8 heteroatoms. The van der Waals surface area contributed by atoms with E-state index < -0.39 is 17.8 Å². The molecule has 25 heavy (non-hydrogen) atoms. The topological polar surface area (TPSA) is 78.0 Å². The maximum absolute atomic E-state index is 12.6. The lowest BCUT2D eigenvalue weighted by Crippen LogP contribution is -2.45. The number of rotatable bonds is 3. The lowest BCUT2D eigenvalue weighted by atomic mass is 10.1. The molecule has 1 saturated carbocycles. The predicted molar refractivity (Wildman–Crippen MR) is 89.7 cm³/mol. The van der Waals surface area contributed by atoms with E-state index in [1.807, 2.05) is 11.4 Å². The van der Waals surface area contributed by atoms with Crippen molar-refractivity contribution in [2.24, 2.45) is 0 Å². The minimum Gasteiger partial charge on any atom is -0.336 e. The van der Waals surface area contributed by atoms with Gasteiger partial charge in [0.2, 0.25) is 5.91 Å². The fourth-order valence-electron chi connectivity index (χ4n) is 3.84. The van der Waals surface area contributed by atoms with E-state index in [-0.39, 0.29) is 18.5 Å². The van der Waals surface area contributed by atoms with Crippen LogP contribution in [0.2, 0.25) is 0 Å². The molecule has 0 atom stereocenters. The number of hydrogen-bond donors (Lipinski definition) is 0. The van der Waals surface area contributed by atoms with E-state index in [9.17, 15) is 19.2 Å². The maximum atomic E-state index is 12.6. The van der Waals surface area contributed by atoms with E-state index >= 15 is 0 Å². The van der Waals surface area contributed by atoms with Gasteiger partial charge in [-0.2, -0.15) is 0 Å². The van der Waals surface area contributed by atoms with Gasteiger partial charge >= 0.3 is 17.8 Å². The third kappa shape index (κ3) is 2.74.